The number of hydrogen-bond acceptors (Lipinski definition) is 3. The number of fused-ring (bicyclic) bond motifs is 1. The van der Waals surface area contributed by atoms with E-state index < -0.39 is 0 Å². The minimum absolute atomic E-state index is 0.203. The molecule has 2 aromatic rings. The molecule has 4 nitrogen and oxygen atoms in total. The van der Waals surface area contributed by atoms with Gasteiger partial charge in [-0.05, 0) is 18.6 Å². The van der Waals surface area contributed by atoms with E-state index in [0.29, 0.717) is 6.04 Å². The van der Waals surface area contributed by atoms with Crippen LogP contribution in [0.2, 0.25) is 0 Å². The lowest BCUT2D eigenvalue weighted by atomic mass is 10.1. The fourth-order valence-electron chi connectivity index (χ4n) is 2.74. The van der Waals surface area contributed by atoms with Crippen LogP contribution in [0.15, 0.2) is 30.6 Å². The summed E-state index contributed by atoms with van der Waals surface area (Å²) in [7, 11) is 0. The van der Waals surface area contributed by atoms with Crippen molar-refractivity contribution in [3.05, 3.63) is 47.5 Å². The molecule has 0 fully saturated rings. The van der Waals surface area contributed by atoms with E-state index in [1.54, 1.807) is 0 Å². The number of nitrogens with one attached hydrogen (secondary N) is 1. The van der Waals surface area contributed by atoms with Gasteiger partial charge in [0.15, 0.2) is 0 Å². The minimum atomic E-state index is 0.203. The van der Waals surface area contributed by atoms with E-state index in [4.69, 9.17) is 4.74 Å². The molecule has 0 saturated heterocycles. The van der Waals surface area contributed by atoms with Gasteiger partial charge < -0.3 is 14.6 Å². The SMILES string of the molecule is Cc1ccc2c(c1)CC(Cn1ccnc1CNC(C)C)O2. The van der Waals surface area contributed by atoms with Crippen molar-refractivity contribution >= 4 is 0 Å². The van der Waals surface area contributed by atoms with Crippen molar-refractivity contribution in [2.24, 2.45) is 0 Å². The van der Waals surface area contributed by atoms with Crippen LogP contribution in [0.3, 0.4) is 0 Å². The second-order valence-corrected chi connectivity index (χ2v) is 6.09. The molecule has 0 bridgehead atoms. The maximum Gasteiger partial charge on any atom is 0.123 e. The normalized spacial score (nSPS) is 17.0. The van der Waals surface area contributed by atoms with E-state index in [0.717, 1.165) is 31.1 Å². The third kappa shape index (κ3) is 3.27. The number of imidazole rings is 1. The molecule has 0 spiro atoms. The average Bonchev–Trinajstić information content (AvgIpc) is 3.02. The lowest BCUT2D eigenvalue weighted by Crippen LogP contribution is -2.26. The molecule has 1 aromatic carbocycles. The van der Waals surface area contributed by atoms with Gasteiger partial charge in [-0.15, -0.1) is 0 Å². The molecular formula is C17H23N3O. The number of benzene rings is 1. The van der Waals surface area contributed by atoms with E-state index >= 15 is 0 Å². The zero-order valence-corrected chi connectivity index (χ0v) is 13.0. The zero-order chi connectivity index (χ0) is 14.8. The van der Waals surface area contributed by atoms with Crippen LogP contribution in [0.1, 0.15) is 30.8 Å². The van der Waals surface area contributed by atoms with Crippen LogP contribution >= 0.6 is 0 Å². The van der Waals surface area contributed by atoms with Crippen molar-refractivity contribution < 1.29 is 4.74 Å². The summed E-state index contributed by atoms with van der Waals surface area (Å²) in [6.07, 6.45) is 5.08. The van der Waals surface area contributed by atoms with Gasteiger partial charge in [0, 0.05) is 24.9 Å². The Balaban J connectivity index is 1.65. The molecule has 1 aromatic heterocycles. The summed E-state index contributed by atoms with van der Waals surface area (Å²) in [6, 6.07) is 6.88. The van der Waals surface area contributed by atoms with Crippen LogP contribution in [-0.4, -0.2) is 21.7 Å². The summed E-state index contributed by atoms with van der Waals surface area (Å²) < 4.78 is 8.24. The topological polar surface area (TPSA) is 39.1 Å². The zero-order valence-electron chi connectivity index (χ0n) is 13.0. The Morgan fingerprint density at radius 3 is 3.10 bits per heavy atom. The smallest absolute Gasteiger partial charge is 0.123 e. The van der Waals surface area contributed by atoms with Crippen LogP contribution in [0.4, 0.5) is 0 Å². The maximum atomic E-state index is 6.05. The maximum absolute atomic E-state index is 6.05. The number of ether oxygens (including phenoxy) is 1. The van der Waals surface area contributed by atoms with E-state index in [2.05, 4.69) is 53.8 Å². The van der Waals surface area contributed by atoms with Gasteiger partial charge in [0.25, 0.3) is 0 Å². The first-order valence-corrected chi connectivity index (χ1v) is 7.61. The van der Waals surface area contributed by atoms with Crippen molar-refractivity contribution in [1.82, 2.24) is 14.9 Å². The van der Waals surface area contributed by atoms with E-state index in [1.165, 1.54) is 11.1 Å². The Labute approximate surface area is 126 Å². The number of nitrogens with zero attached hydrogens (tertiary/aromatic N) is 2. The number of rotatable bonds is 5. The lowest BCUT2D eigenvalue weighted by Gasteiger charge is -2.15. The molecular weight excluding hydrogens is 262 g/mol. The molecule has 1 aliphatic rings. The molecule has 0 saturated carbocycles. The highest BCUT2D eigenvalue weighted by atomic mass is 16.5. The predicted molar refractivity (Wildman–Crippen MR) is 83.5 cm³/mol. The van der Waals surface area contributed by atoms with Crippen LogP contribution in [-0.2, 0) is 19.5 Å². The highest BCUT2D eigenvalue weighted by Gasteiger charge is 2.23. The Hall–Kier alpha value is -1.81. The quantitative estimate of drug-likeness (QED) is 0.918. The standard InChI is InChI=1S/C17H23N3O/c1-12(2)19-10-17-18-6-7-20(17)11-15-9-14-8-13(3)4-5-16(14)21-15/h4-8,12,15,19H,9-11H2,1-3H3. The van der Waals surface area contributed by atoms with Gasteiger partial charge in [0.1, 0.15) is 17.7 Å². The van der Waals surface area contributed by atoms with Gasteiger partial charge in [0.05, 0.1) is 13.1 Å². The molecule has 1 aliphatic heterocycles. The molecule has 0 amide bonds. The highest BCUT2D eigenvalue weighted by molar-refractivity contribution is 5.40. The van der Waals surface area contributed by atoms with Gasteiger partial charge >= 0.3 is 0 Å². The van der Waals surface area contributed by atoms with Gasteiger partial charge in [-0.3, -0.25) is 0 Å². The third-order valence-corrected chi connectivity index (χ3v) is 3.83. The summed E-state index contributed by atoms with van der Waals surface area (Å²) in [5.41, 5.74) is 2.62. The average molecular weight is 285 g/mol. The first-order chi connectivity index (χ1) is 10.1. The van der Waals surface area contributed by atoms with E-state index in [9.17, 15) is 0 Å². The number of hydrogen-bond donors (Lipinski definition) is 1. The summed E-state index contributed by atoms with van der Waals surface area (Å²) in [5, 5.41) is 3.41. The molecule has 0 aliphatic carbocycles. The molecule has 21 heavy (non-hydrogen) atoms. The van der Waals surface area contributed by atoms with Crippen molar-refractivity contribution in [2.45, 2.75) is 52.4 Å². The van der Waals surface area contributed by atoms with Gasteiger partial charge in [-0.1, -0.05) is 31.5 Å². The number of aryl methyl sites for hydroxylation is 1. The fraction of sp³-hybridized carbons (Fsp3) is 0.471. The summed E-state index contributed by atoms with van der Waals surface area (Å²) in [6.45, 7) is 8.06. The van der Waals surface area contributed by atoms with Crippen molar-refractivity contribution in [3.8, 4) is 5.75 Å². The third-order valence-electron chi connectivity index (χ3n) is 3.83. The Kier molecular flexibility index (Phi) is 3.97. The van der Waals surface area contributed by atoms with Gasteiger partial charge in [0.2, 0.25) is 0 Å². The lowest BCUT2D eigenvalue weighted by molar-refractivity contribution is 0.207. The van der Waals surface area contributed by atoms with Crippen LogP contribution in [0.25, 0.3) is 0 Å². The monoisotopic (exact) mass is 285 g/mol. The summed E-state index contributed by atoms with van der Waals surface area (Å²) in [4.78, 5) is 4.44. The first-order valence-electron chi connectivity index (χ1n) is 7.61. The summed E-state index contributed by atoms with van der Waals surface area (Å²) in [5.74, 6) is 2.10. The second-order valence-electron chi connectivity index (χ2n) is 6.09. The molecule has 3 rings (SSSR count). The van der Waals surface area contributed by atoms with Crippen LogP contribution < -0.4 is 10.1 Å². The molecule has 112 valence electrons. The first kappa shape index (κ1) is 14.1. The molecule has 1 N–H and O–H groups in total. The van der Waals surface area contributed by atoms with Crippen LogP contribution in [0, 0.1) is 6.92 Å². The molecule has 1 atom stereocenters. The minimum Gasteiger partial charge on any atom is -0.488 e. The number of aromatic nitrogens is 2. The van der Waals surface area contributed by atoms with Crippen LogP contribution in [0.5, 0.6) is 5.75 Å². The largest absolute Gasteiger partial charge is 0.488 e. The fourth-order valence-corrected chi connectivity index (χ4v) is 2.74. The van der Waals surface area contributed by atoms with E-state index in [1.807, 2.05) is 12.4 Å². The molecule has 0 radical (unpaired) electrons. The molecule has 1 unspecified atom stereocenters. The highest BCUT2D eigenvalue weighted by Crippen LogP contribution is 2.30. The molecule has 4 heteroatoms. The van der Waals surface area contributed by atoms with Gasteiger partial charge in [-0.2, -0.15) is 0 Å². The Morgan fingerprint density at radius 2 is 2.29 bits per heavy atom. The Morgan fingerprint density at radius 1 is 1.43 bits per heavy atom. The predicted octanol–water partition coefficient (Wildman–Crippen LogP) is 2.69. The van der Waals surface area contributed by atoms with Gasteiger partial charge in [-0.25, -0.2) is 4.98 Å². The van der Waals surface area contributed by atoms with Crippen molar-refractivity contribution in [3.63, 3.8) is 0 Å². The second kappa shape index (κ2) is 5.90. The van der Waals surface area contributed by atoms with Crippen molar-refractivity contribution in [1.29, 1.82) is 0 Å². The van der Waals surface area contributed by atoms with E-state index in [-0.39, 0.29) is 6.10 Å². The summed E-state index contributed by atoms with van der Waals surface area (Å²) >= 11 is 0. The Bertz CT molecular complexity index is 618. The van der Waals surface area contributed by atoms with Crippen molar-refractivity contribution in [2.75, 3.05) is 0 Å². The molecule has 2 heterocycles.